The molecule has 0 bridgehead atoms. The van der Waals surface area contributed by atoms with E-state index in [1.54, 1.807) is 36.4 Å². The lowest BCUT2D eigenvalue weighted by molar-refractivity contribution is -0.151. The predicted molar refractivity (Wildman–Crippen MR) is 96.6 cm³/mol. The number of carbonyl (C=O) groups is 3. The van der Waals surface area contributed by atoms with Crippen molar-refractivity contribution in [1.82, 2.24) is 4.90 Å². The highest BCUT2D eigenvalue weighted by molar-refractivity contribution is 5.95. The van der Waals surface area contributed by atoms with Crippen LogP contribution in [0.2, 0.25) is 0 Å². The van der Waals surface area contributed by atoms with E-state index in [0.29, 0.717) is 24.3 Å². The van der Waals surface area contributed by atoms with Gasteiger partial charge in [-0.25, -0.2) is 0 Å². The van der Waals surface area contributed by atoms with Crippen LogP contribution in [0.5, 0.6) is 0 Å². The van der Waals surface area contributed by atoms with Gasteiger partial charge in [0, 0.05) is 31.3 Å². The molecule has 1 unspecified atom stereocenters. The molecule has 3 rings (SSSR count). The van der Waals surface area contributed by atoms with Gasteiger partial charge in [-0.15, -0.1) is 0 Å². The van der Waals surface area contributed by atoms with Crippen molar-refractivity contribution in [3.63, 3.8) is 0 Å². The Kier molecular flexibility index (Phi) is 5.14. The molecule has 1 saturated heterocycles. The van der Waals surface area contributed by atoms with E-state index in [1.807, 2.05) is 0 Å². The zero-order valence-electron chi connectivity index (χ0n) is 15.2. The summed E-state index contributed by atoms with van der Waals surface area (Å²) >= 11 is 0. The molecule has 7 heteroatoms. The van der Waals surface area contributed by atoms with Crippen molar-refractivity contribution in [2.75, 3.05) is 26.8 Å². The molecule has 1 aliphatic heterocycles. The van der Waals surface area contributed by atoms with Crippen molar-refractivity contribution < 1.29 is 28.6 Å². The number of likely N-dealkylation sites (tertiary alicyclic amines) is 1. The molecule has 1 atom stereocenters. The number of aliphatic carboxylic acids is 1. The number of carboxylic acid groups (broad SMARTS) is 1. The molecule has 0 spiro atoms. The topological polar surface area (TPSA) is 97.0 Å². The maximum absolute atomic E-state index is 12.7. The summed E-state index contributed by atoms with van der Waals surface area (Å²) in [7, 11) is 1.45. The van der Waals surface area contributed by atoms with Crippen molar-refractivity contribution in [2.24, 2.45) is 5.41 Å². The Balaban J connectivity index is 1.75. The standard InChI is InChI=1S/C20H21NO6/c1-13(22)14-3-5-15(6-4-14)16-7-8-17(27-16)18(23)21-10-9-20(11-21,12-26-2)19(24)25/h3-8H,9-12H2,1-2H3,(H,24,25). The minimum atomic E-state index is -1.08. The van der Waals surface area contributed by atoms with Gasteiger partial charge in [0.25, 0.3) is 5.91 Å². The molecule has 0 radical (unpaired) electrons. The second-order valence-electron chi connectivity index (χ2n) is 6.79. The van der Waals surface area contributed by atoms with E-state index in [2.05, 4.69) is 0 Å². The SMILES string of the molecule is COCC1(C(=O)O)CCN(C(=O)c2ccc(-c3ccc(C(C)=O)cc3)o2)C1. The van der Waals surface area contributed by atoms with Crippen LogP contribution in [-0.4, -0.2) is 54.5 Å². The van der Waals surface area contributed by atoms with E-state index in [4.69, 9.17) is 9.15 Å². The summed E-state index contributed by atoms with van der Waals surface area (Å²) in [6.45, 7) is 1.96. The first-order chi connectivity index (χ1) is 12.9. The third-order valence-corrected chi connectivity index (χ3v) is 4.91. The van der Waals surface area contributed by atoms with Gasteiger partial charge in [-0.1, -0.05) is 24.3 Å². The Bertz CT molecular complexity index is 869. The number of hydrogen-bond donors (Lipinski definition) is 1. The number of Topliss-reactive ketones (excluding diaryl/α,β-unsaturated/α-hetero) is 1. The zero-order chi connectivity index (χ0) is 19.6. The fourth-order valence-corrected chi connectivity index (χ4v) is 3.31. The highest BCUT2D eigenvalue weighted by atomic mass is 16.5. The van der Waals surface area contributed by atoms with Crippen molar-refractivity contribution >= 4 is 17.7 Å². The largest absolute Gasteiger partial charge is 0.481 e. The van der Waals surface area contributed by atoms with E-state index in [0.717, 1.165) is 5.56 Å². The van der Waals surface area contributed by atoms with Gasteiger partial charge in [-0.05, 0) is 25.5 Å². The number of nitrogens with zero attached hydrogens (tertiary/aromatic N) is 1. The van der Waals surface area contributed by atoms with Crippen molar-refractivity contribution in [3.05, 3.63) is 47.7 Å². The third-order valence-electron chi connectivity index (χ3n) is 4.91. The Morgan fingerprint density at radius 2 is 1.89 bits per heavy atom. The molecule has 1 aromatic heterocycles. The monoisotopic (exact) mass is 371 g/mol. The molecule has 0 aliphatic carbocycles. The average Bonchev–Trinajstić information content (AvgIpc) is 3.30. The number of rotatable bonds is 6. The van der Waals surface area contributed by atoms with Crippen LogP contribution >= 0.6 is 0 Å². The zero-order valence-corrected chi connectivity index (χ0v) is 15.2. The van der Waals surface area contributed by atoms with Crippen LogP contribution in [0.1, 0.15) is 34.3 Å². The van der Waals surface area contributed by atoms with Crippen LogP contribution in [0.3, 0.4) is 0 Å². The summed E-state index contributed by atoms with van der Waals surface area (Å²) in [5.74, 6) is -0.677. The van der Waals surface area contributed by atoms with Gasteiger partial charge in [0.2, 0.25) is 0 Å². The Hall–Kier alpha value is -2.93. The van der Waals surface area contributed by atoms with E-state index in [9.17, 15) is 19.5 Å². The molecule has 1 N–H and O–H groups in total. The van der Waals surface area contributed by atoms with Gasteiger partial charge in [0.05, 0.1) is 6.61 Å². The van der Waals surface area contributed by atoms with Crippen LogP contribution in [0.4, 0.5) is 0 Å². The Labute approximate surface area is 156 Å². The molecule has 1 amide bonds. The first-order valence-electron chi connectivity index (χ1n) is 8.59. The van der Waals surface area contributed by atoms with E-state index < -0.39 is 11.4 Å². The smallest absolute Gasteiger partial charge is 0.313 e. The van der Waals surface area contributed by atoms with Crippen LogP contribution in [-0.2, 0) is 9.53 Å². The van der Waals surface area contributed by atoms with E-state index >= 15 is 0 Å². The summed E-state index contributed by atoms with van der Waals surface area (Å²) in [6, 6.07) is 10.2. The maximum Gasteiger partial charge on any atom is 0.313 e. The molecule has 1 aromatic carbocycles. The molecule has 142 valence electrons. The third kappa shape index (κ3) is 3.64. The van der Waals surface area contributed by atoms with Gasteiger partial charge in [0.1, 0.15) is 11.2 Å². The lowest BCUT2D eigenvalue weighted by atomic mass is 9.88. The summed E-state index contributed by atoms with van der Waals surface area (Å²) in [6.07, 6.45) is 0.335. The van der Waals surface area contributed by atoms with Gasteiger partial charge < -0.3 is 19.2 Å². The van der Waals surface area contributed by atoms with Crippen molar-refractivity contribution in [1.29, 1.82) is 0 Å². The quantitative estimate of drug-likeness (QED) is 0.784. The first-order valence-corrected chi connectivity index (χ1v) is 8.59. The number of ketones is 1. The number of carboxylic acids is 1. The number of amides is 1. The number of hydrogen-bond acceptors (Lipinski definition) is 5. The molecule has 1 aliphatic rings. The minimum Gasteiger partial charge on any atom is -0.481 e. The number of methoxy groups -OCH3 is 1. The van der Waals surface area contributed by atoms with Crippen LogP contribution in [0, 0.1) is 5.41 Å². The van der Waals surface area contributed by atoms with Crippen LogP contribution < -0.4 is 0 Å². The van der Waals surface area contributed by atoms with Crippen LogP contribution in [0.25, 0.3) is 11.3 Å². The van der Waals surface area contributed by atoms with Crippen molar-refractivity contribution in [3.8, 4) is 11.3 Å². The summed E-state index contributed by atoms with van der Waals surface area (Å²) in [5.41, 5.74) is 0.268. The average molecular weight is 371 g/mol. The number of benzene rings is 1. The Morgan fingerprint density at radius 3 is 2.48 bits per heavy atom. The normalized spacial score (nSPS) is 19.3. The highest BCUT2D eigenvalue weighted by Crippen LogP contribution is 2.33. The molecule has 27 heavy (non-hydrogen) atoms. The van der Waals surface area contributed by atoms with E-state index in [-0.39, 0.29) is 30.6 Å². The molecule has 0 saturated carbocycles. The minimum absolute atomic E-state index is 0.0242. The highest BCUT2D eigenvalue weighted by Gasteiger charge is 2.46. The van der Waals surface area contributed by atoms with E-state index in [1.165, 1.54) is 18.9 Å². The number of ether oxygens (including phenoxy) is 1. The second kappa shape index (κ2) is 7.36. The lowest BCUT2D eigenvalue weighted by Crippen LogP contribution is -2.40. The fourth-order valence-electron chi connectivity index (χ4n) is 3.31. The van der Waals surface area contributed by atoms with Crippen molar-refractivity contribution in [2.45, 2.75) is 13.3 Å². The summed E-state index contributed by atoms with van der Waals surface area (Å²) in [5, 5.41) is 9.51. The lowest BCUT2D eigenvalue weighted by Gasteiger charge is -2.23. The first kappa shape index (κ1) is 18.8. The predicted octanol–water partition coefficient (Wildman–Crippen LogP) is 2.71. The fraction of sp³-hybridized carbons (Fsp3) is 0.350. The molecule has 2 aromatic rings. The molecular formula is C20H21NO6. The Morgan fingerprint density at radius 1 is 1.19 bits per heavy atom. The summed E-state index contributed by atoms with van der Waals surface area (Å²) in [4.78, 5) is 37.2. The maximum atomic E-state index is 12.7. The van der Waals surface area contributed by atoms with Gasteiger partial charge in [-0.2, -0.15) is 0 Å². The number of furan rings is 1. The second-order valence-corrected chi connectivity index (χ2v) is 6.79. The van der Waals surface area contributed by atoms with Gasteiger partial charge >= 0.3 is 5.97 Å². The molecule has 7 nitrogen and oxygen atoms in total. The van der Waals surface area contributed by atoms with Gasteiger partial charge in [-0.3, -0.25) is 14.4 Å². The summed E-state index contributed by atoms with van der Waals surface area (Å²) < 4.78 is 10.7. The van der Waals surface area contributed by atoms with Crippen LogP contribution in [0.15, 0.2) is 40.8 Å². The molecule has 2 heterocycles. The molecule has 1 fully saturated rings. The van der Waals surface area contributed by atoms with Gasteiger partial charge in [0.15, 0.2) is 11.5 Å². The number of carbonyl (C=O) groups excluding carboxylic acids is 2. The molecular weight excluding hydrogens is 350 g/mol.